The van der Waals surface area contributed by atoms with Crippen LogP contribution in [0.3, 0.4) is 0 Å². The lowest BCUT2D eigenvalue weighted by Gasteiger charge is -2.02. The molecule has 0 spiro atoms. The van der Waals surface area contributed by atoms with E-state index in [9.17, 15) is 4.79 Å². The van der Waals surface area contributed by atoms with Gasteiger partial charge in [0.25, 0.3) is 0 Å². The first-order valence-electron chi connectivity index (χ1n) is 4.92. The minimum Gasteiger partial charge on any atom is -0.478 e. The quantitative estimate of drug-likeness (QED) is 0.889. The predicted octanol–water partition coefficient (Wildman–Crippen LogP) is 2.24. The number of carboxylic acids is 1. The van der Waals surface area contributed by atoms with Crippen LogP contribution in [0.2, 0.25) is 5.02 Å². The van der Waals surface area contributed by atoms with Crippen LogP contribution in [-0.4, -0.2) is 25.8 Å². The molecule has 0 radical (unpaired) electrons. The van der Waals surface area contributed by atoms with Crippen molar-refractivity contribution in [3.63, 3.8) is 0 Å². The van der Waals surface area contributed by atoms with Crippen LogP contribution < -0.4 is 0 Å². The van der Waals surface area contributed by atoms with Crippen LogP contribution >= 0.6 is 11.6 Å². The number of carboxylic acid groups (broad SMARTS) is 1. The molecule has 1 N–H and O–H groups in total. The second-order valence-corrected chi connectivity index (χ2v) is 4.03. The van der Waals surface area contributed by atoms with Gasteiger partial charge in [0.1, 0.15) is 5.56 Å². The number of aromatic nitrogens is 3. The van der Waals surface area contributed by atoms with Crippen LogP contribution in [0.25, 0.3) is 5.82 Å². The molecule has 0 unspecified atom stereocenters. The molecule has 2 rings (SSSR count). The first-order chi connectivity index (χ1) is 8.00. The molecule has 2 aromatic rings. The van der Waals surface area contributed by atoms with Gasteiger partial charge in [-0.15, -0.1) is 0 Å². The number of halogens is 1. The van der Waals surface area contributed by atoms with Crippen LogP contribution in [0.15, 0.2) is 18.3 Å². The van der Waals surface area contributed by atoms with Crippen molar-refractivity contribution < 1.29 is 9.90 Å². The smallest absolute Gasteiger partial charge is 0.339 e. The molecule has 88 valence electrons. The minimum absolute atomic E-state index is 0.210. The molecule has 0 aromatic carbocycles. The second kappa shape index (κ2) is 4.18. The van der Waals surface area contributed by atoms with E-state index in [-0.39, 0.29) is 5.56 Å². The molecule has 2 aromatic heterocycles. The maximum atomic E-state index is 11.0. The summed E-state index contributed by atoms with van der Waals surface area (Å²) in [6.07, 6.45) is 1.49. The zero-order valence-electron chi connectivity index (χ0n) is 9.31. The Hall–Kier alpha value is -1.88. The highest BCUT2D eigenvalue weighted by molar-refractivity contribution is 6.30. The summed E-state index contributed by atoms with van der Waals surface area (Å²) in [5.74, 6) is -0.442. The number of carbonyl (C=O) groups is 1. The van der Waals surface area contributed by atoms with Crippen molar-refractivity contribution in [1.82, 2.24) is 14.8 Å². The van der Waals surface area contributed by atoms with Gasteiger partial charge < -0.3 is 5.11 Å². The van der Waals surface area contributed by atoms with Crippen molar-refractivity contribution in [1.29, 1.82) is 0 Å². The Morgan fingerprint density at radius 3 is 2.59 bits per heavy atom. The molecular weight excluding hydrogens is 242 g/mol. The van der Waals surface area contributed by atoms with Crippen molar-refractivity contribution in [2.24, 2.45) is 0 Å². The topological polar surface area (TPSA) is 68.0 Å². The van der Waals surface area contributed by atoms with Gasteiger partial charge in [-0.2, -0.15) is 5.10 Å². The number of nitrogens with zero attached hydrogens (tertiary/aromatic N) is 3. The summed E-state index contributed by atoms with van der Waals surface area (Å²) in [7, 11) is 0. The number of hydrogen-bond donors (Lipinski definition) is 1. The fourth-order valence-electron chi connectivity index (χ4n) is 1.67. The highest BCUT2D eigenvalue weighted by Gasteiger charge is 2.18. The molecular formula is C11H10ClN3O2. The van der Waals surface area contributed by atoms with Crippen LogP contribution in [0.4, 0.5) is 0 Å². The summed E-state index contributed by atoms with van der Waals surface area (Å²) in [5, 5.41) is 13.7. The van der Waals surface area contributed by atoms with E-state index in [4.69, 9.17) is 16.7 Å². The summed E-state index contributed by atoms with van der Waals surface area (Å²) in [4.78, 5) is 15.1. The van der Waals surface area contributed by atoms with Crippen molar-refractivity contribution in [3.8, 4) is 5.82 Å². The van der Waals surface area contributed by atoms with Crippen molar-refractivity contribution in [2.75, 3.05) is 0 Å². The van der Waals surface area contributed by atoms with Gasteiger partial charge in [0.2, 0.25) is 0 Å². The van der Waals surface area contributed by atoms with E-state index in [0.29, 0.717) is 22.2 Å². The molecule has 0 aliphatic carbocycles. The number of aromatic carboxylic acids is 1. The lowest BCUT2D eigenvalue weighted by molar-refractivity contribution is 0.0695. The first kappa shape index (κ1) is 11.6. The van der Waals surface area contributed by atoms with Gasteiger partial charge in [0, 0.05) is 6.20 Å². The summed E-state index contributed by atoms with van der Waals surface area (Å²) >= 11 is 5.74. The second-order valence-electron chi connectivity index (χ2n) is 3.60. The zero-order valence-corrected chi connectivity index (χ0v) is 10.1. The first-order valence-corrected chi connectivity index (χ1v) is 5.30. The molecule has 0 bridgehead atoms. The van der Waals surface area contributed by atoms with Crippen LogP contribution in [0.1, 0.15) is 21.7 Å². The molecule has 17 heavy (non-hydrogen) atoms. The van der Waals surface area contributed by atoms with E-state index < -0.39 is 5.97 Å². The SMILES string of the molecule is Cc1nn(-c2ccc(Cl)cn2)c(C)c1C(=O)O. The lowest BCUT2D eigenvalue weighted by atomic mass is 10.2. The standard InChI is InChI=1S/C11H10ClN3O2/c1-6-10(11(16)17)7(2)15(14-6)9-4-3-8(12)5-13-9/h3-5H,1-2H3,(H,16,17). The summed E-state index contributed by atoms with van der Waals surface area (Å²) in [5.41, 5.74) is 1.22. The highest BCUT2D eigenvalue weighted by atomic mass is 35.5. The van der Waals surface area contributed by atoms with E-state index in [0.717, 1.165) is 0 Å². The maximum Gasteiger partial charge on any atom is 0.339 e. The Morgan fingerprint density at radius 1 is 1.41 bits per heavy atom. The monoisotopic (exact) mass is 251 g/mol. The van der Waals surface area contributed by atoms with Crippen molar-refractivity contribution >= 4 is 17.6 Å². The zero-order chi connectivity index (χ0) is 12.6. The van der Waals surface area contributed by atoms with Gasteiger partial charge in [-0.1, -0.05) is 11.6 Å². The minimum atomic E-state index is -0.986. The normalized spacial score (nSPS) is 10.5. The third-order valence-corrected chi connectivity index (χ3v) is 2.66. The van der Waals surface area contributed by atoms with E-state index >= 15 is 0 Å². The molecule has 0 fully saturated rings. The third kappa shape index (κ3) is 2.01. The number of rotatable bonds is 2. The van der Waals surface area contributed by atoms with Gasteiger partial charge in [0.15, 0.2) is 5.82 Å². The van der Waals surface area contributed by atoms with Gasteiger partial charge >= 0.3 is 5.97 Å². The Labute approximate surface area is 103 Å². The Kier molecular flexibility index (Phi) is 2.85. The summed E-state index contributed by atoms with van der Waals surface area (Å²) in [6.45, 7) is 3.35. The Bertz CT molecular complexity index is 575. The van der Waals surface area contributed by atoms with E-state index in [1.807, 2.05) is 0 Å². The van der Waals surface area contributed by atoms with E-state index in [1.165, 1.54) is 10.9 Å². The average Bonchev–Trinajstić information content (AvgIpc) is 2.55. The number of pyridine rings is 1. The van der Waals surface area contributed by atoms with Crippen molar-refractivity contribution in [3.05, 3.63) is 40.3 Å². The van der Waals surface area contributed by atoms with Crippen LogP contribution in [-0.2, 0) is 0 Å². The molecule has 5 nitrogen and oxygen atoms in total. The summed E-state index contributed by atoms with van der Waals surface area (Å²) in [6, 6.07) is 3.37. The molecule has 6 heteroatoms. The van der Waals surface area contributed by atoms with Gasteiger partial charge in [-0.25, -0.2) is 14.5 Å². The fraction of sp³-hybridized carbons (Fsp3) is 0.182. The highest BCUT2D eigenvalue weighted by Crippen LogP contribution is 2.17. The third-order valence-electron chi connectivity index (χ3n) is 2.43. The van der Waals surface area contributed by atoms with E-state index in [2.05, 4.69) is 10.1 Å². The molecule has 0 saturated heterocycles. The molecule has 2 heterocycles. The number of hydrogen-bond acceptors (Lipinski definition) is 3. The van der Waals surface area contributed by atoms with Crippen molar-refractivity contribution in [2.45, 2.75) is 13.8 Å². The molecule has 0 atom stereocenters. The van der Waals surface area contributed by atoms with Gasteiger partial charge in [-0.05, 0) is 26.0 Å². The van der Waals surface area contributed by atoms with Crippen LogP contribution in [0, 0.1) is 13.8 Å². The van der Waals surface area contributed by atoms with Crippen LogP contribution in [0.5, 0.6) is 0 Å². The average molecular weight is 252 g/mol. The number of aryl methyl sites for hydroxylation is 1. The Morgan fingerprint density at radius 2 is 2.12 bits per heavy atom. The predicted molar refractivity (Wildman–Crippen MR) is 62.8 cm³/mol. The fourth-order valence-corrected chi connectivity index (χ4v) is 1.78. The molecule has 0 aliphatic rings. The largest absolute Gasteiger partial charge is 0.478 e. The molecule has 0 saturated carbocycles. The Balaban J connectivity index is 2.57. The van der Waals surface area contributed by atoms with E-state index in [1.54, 1.807) is 26.0 Å². The maximum absolute atomic E-state index is 11.0. The molecule has 0 amide bonds. The summed E-state index contributed by atoms with van der Waals surface area (Å²) < 4.78 is 1.50. The van der Waals surface area contributed by atoms with Gasteiger partial charge in [0.05, 0.1) is 16.4 Å². The lowest BCUT2D eigenvalue weighted by Crippen LogP contribution is -2.03. The molecule has 0 aliphatic heterocycles. The van der Waals surface area contributed by atoms with Gasteiger partial charge in [-0.3, -0.25) is 0 Å².